The molecule has 0 bridgehead atoms. The van der Waals surface area contributed by atoms with E-state index < -0.39 is 6.10 Å². The van der Waals surface area contributed by atoms with E-state index in [0.717, 1.165) is 103 Å². The van der Waals surface area contributed by atoms with Crippen molar-refractivity contribution in [2.75, 3.05) is 13.2 Å². The molecule has 0 rings (SSSR count). The molecule has 0 saturated carbocycles. The van der Waals surface area contributed by atoms with Gasteiger partial charge in [0.15, 0.2) is 6.10 Å². The van der Waals surface area contributed by atoms with Crippen LogP contribution < -0.4 is 0 Å². The maximum atomic E-state index is 12.9. The van der Waals surface area contributed by atoms with Crippen LogP contribution in [0.4, 0.5) is 0 Å². The van der Waals surface area contributed by atoms with Crippen LogP contribution in [0.3, 0.4) is 0 Å². The van der Waals surface area contributed by atoms with Gasteiger partial charge in [-0.25, -0.2) is 0 Å². The second-order valence-corrected chi connectivity index (χ2v) is 21.7. The average Bonchev–Trinajstić information content (AvgIpc) is 3.41. The summed E-state index contributed by atoms with van der Waals surface area (Å²) in [5.41, 5.74) is 0. The molecule has 6 heteroatoms. The van der Waals surface area contributed by atoms with Crippen LogP contribution in [0.5, 0.6) is 0 Å². The summed E-state index contributed by atoms with van der Waals surface area (Å²) in [6.45, 7) is 6.57. The Kier molecular flexibility index (Phi) is 60.7. The van der Waals surface area contributed by atoms with E-state index >= 15 is 0 Å². The maximum absolute atomic E-state index is 12.9. The molecule has 0 heterocycles. The Balaban J connectivity index is 4.35. The van der Waals surface area contributed by atoms with Crippen LogP contribution >= 0.6 is 0 Å². The van der Waals surface area contributed by atoms with Gasteiger partial charge in [0.05, 0.1) is 0 Å². The van der Waals surface area contributed by atoms with Crippen molar-refractivity contribution in [3.8, 4) is 0 Å². The summed E-state index contributed by atoms with van der Waals surface area (Å²) in [4.78, 5) is 38.3. The number of hydrogen-bond donors (Lipinski definition) is 0. The van der Waals surface area contributed by atoms with Crippen LogP contribution in [0.15, 0.2) is 72.9 Å². The molecular formula is C69H122O6. The van der Waals surface area contributed by atoms with Gasteiger partial charge in [-0.1, -0.05) is 312 Å². The molecule has 0 aliphatic heterocycles. The predicted octanol–water partition coefficient (Wildman–Crippen LogP) is 22.1. The summed E-state index contributed by atoms with van der Waals surface area (Å²) in [5, 5.41) is 0. The minimum Gasteiger partial charge on any atom is -0.462 e. The molecule has 0 aromatic carbocycles. The highest BCUT2D eigenvalue weighted by atomic mass is 16.6. The van der Waals surface area contributed by atoms with Gasteiger partial charge in [-0.2, -0.15) is 0 Å². The van der Waals surface area contributed by atoms with E-state index in [2.05, 4.69) is 93.7 Å². The van der Waals surface area contributed by atoms with Gasteiger partial charge in [0.1, 0.15) is 13.2 Å². The van der Waals surface area contributed by atoms with Crippen molar-refractivity contribution in [1.82, 2.24) is 0 Å². The number of ether oxygens (including phenoxy) is 3. The minimum atomic E-state index is -0.779. The Bertz CT molecular complexity index is 1390. The van der Waals surface area contributed by atoms with Crippen molar-refractivity contribution in [3.63, 3.8) is 0 Å². The molecule has 0 radical (unpaired) electrons. The van der Waals surface area contributed by atoms with E-state index in [1.807, 2.05) is 0 Å². The summed E-state index contributed by atoms with van der Waals surface area (Å²) >= 11 is 0. The molecule has 0 aromatic heterocycles. The highest BCUT2D eigenvalue weighted by Crippen LogP contribution is 2.17. The van der Waals surface area contributed by atoms with Gasteiger partial charge in [0, 0.05) is 19.3 Å². The first-order valence-electron chi connectivity index (χ1n) is 32.4. The van der Waals surface area contributed by atoms with Crippen LogP contribution in [0.2, 0.25) is 0 Å². The van der Waals surface area contributed by atoms with Gasteiger partial charge in [0.25, 0.3) is 0 Å². The molecule has 6 nitrogen and oxygen atoms in total. The number of rotatable bonds is 59. The molecule has 0 amide bonds. The Morgan fingerprint density at radius 3 is 0.813 bits per heavy atom. The van der Waals surface area contributed by atoms with Crippen molar-refractivity contribution in [2.24, 2.45) is 0 Å². The van der Waals surface area contributed by atoms with Crippen LogP contribution in [-0.4, -0.2) is 37.2 Å². The van der Waals surface area contributed by atoms with Gasteiger partial charge in [-0.3, -0.25) is 14.4 Å². The van der Waals surface area contributed by atoms with Crippen molar-refractivity contribution in [1.29, 1.82) is 0 Å². The van der Waals surface area contributed by atoms with Crippen LogP contribution in [0.25, 0.3) is 0 Å². The quantitative estimate of drug-likeness (QED) is 0.0261. The van der Waals surface area contributed by atoms with E-state index in [1.54, 1.807) is 0 Å². The molecule has 0 aliphatic carbocycles. The highest BCUT2D eigenvalue weighted by Gasteiger charge is 2.19. The first kappa shape index (κ1) is 71.8. The fourth-order valence-electron chi connectivity index (χ4n) is 9.39. The summed E-state index contributed by atoms with van der Waals surface area (Å²) in [5.74, 6) is -0.870. The molecule has 0 N–H and O–H groups in total. The highest BCUT2D eigenvalue weighted by molar-refractivity contribution is 5.71. The lowest BCUT2D eigenvalue weighted by Crippen LogP contribution is -2.30. The Labute approximate surface area is 465 Å². The third kappa shape index (κ3) is 61.6. The Morgan fingerprint density at radius 2 is 0.520 bits per heavy atom. The molecule has 0 saturated heterocycles. The standard InChI is InChI=1S/C69H122O6/c1-4-7-10-13-16-19-22-25-28-31-32-33-34-35-36-37-38-39-42-44-47-50-53-56-59-62-68(71)74-65-66(75-69(72)63-60-57-54-51-48-45-41-30-27-24-21-18-15-12-9-6-3)64-73-67(70)61-58-55-52-49-46-43-40-29-26-23-20-17-14-11-8-5-2/h7,10,16,19,25,28,32-33,35-36,38-39,66H,4-6,8-9,11-15,17-18,20-24,26-27,29-31,34,37,40-65H2,1-3H3/b10-7-,19-16-,28-25-,33-32-,36-35-,39-38-. The van der Waals surface area contributed by atoms with Crippen LogP contribution in [0.1, 0.15) is 329 Å². The lowest BCUT2D eigenvalue weighted by Gasteiger charge is -2.18. The topological polar surface area (TPSA) is 78.9 Å². The molecule has 0 aliphatic rings. The SMILES string of the molecule is CC/C=C\C/C=C\C/C=C\C/C=C\C/C=C\C/C=C\CCCCCCCCC(=O)OCC(COC(=O)CCCCCCCCCCCCCCCCCC)OC(=O)CCCCCCCCCCCCCCCCCC. The van der Waals surface area contributed by atoms with Crippen LogP contribution in [-0.2, 0) is 28.6 Å². The fraction of sp³-hybridized carbons (Fsp3) is 0.783. The molecule has 434 valence electrons. The van der Waals surface area contributed by atoms with E-state index in [-0.39, 0.29) is 31.1 Å². The zero-order valence-electron chi connectivity index (χ0n) is 49.8. The number of unbranched alkanes of at least 4 members (excludes halogenated alkanes) is 36. The molecule has 0 spiro atoms. The molecular weight excluding hydrogens is 925 g/mol. The van der Waals surface area contributed by atoms with Gasteiger partial charge < -0.3 is 14.2 Å². The van der Waals surface area contributed by atoms with E-state index in [1.165, 1.54) is 186 Å². The normalized spacial score (nSPS) is 12.5. The zero-order valence-corrected chi connectivity index (χ0v) is 49.8. The summed E-state index contributed by atoms with van der Waals surface area (Å²) in [6, 6.07) is 0. The van der Waals surface area contributed by atoms with E-state index in [4.69, 9.17) is 14.2 Å². The largest absolute Gasteiger partial charge is 0.462 e. The number of allylic oxidation sites excluding steroid dienone is 12. The van der Waals surface area contributed by atoms with E-state index in [0.29, 0.717) is 19.3 Å². The number of carbonyl (C=O) groups excluding carboxylic acids is 3. The van der Waals surface area contributed by atoms with Gasteiger partial charge >= 0.3 is 17.9 Å². The maximum Gasteiger partial charge on any atom is 0.306 e. The van der Waals surface area contributed by atoms with Crippen molar-refractivity contribution in [3.05, 3.63) is 72.9 Å². The van der Waals surface area contributed by atoms with E-state index in [9.17, 15) is 14.4 Å². The summed E-state index contributed by atoms with van der Waals surface area (Å²) < 4.78 is 16.9. The van der Waals surface area contributed by atoms with Crippen molar-refractivity contribution in [2.45, 2.75) is 335 Å². The zero-order chi connectivity index (χ0) is 54.3. The third-order valence-corrected chi connectivity index (χ3v) is 14.2. The average molecular weight is 1050 g/mol. The molecule has 0 aromatic rings. The molecule has 1 unspecified atom stereocenters. The number of esters is 3. The van der Waals surface area contributed by atoms with Gasteiger partial charge in [-0.05, 0) is 70.6 Å². The van der Waals surface area contributed by atoms with Crippen LogP contribution in [0, 0.1) is 0 Å². The smallest absolute Gasteiger partial charge is 0.306 e. The lowest BCUT2D eigenvalue weighted by molar-refractivity contribution is -0.167. The number of hydrogen-bond acceptors (Lipinski definition) is 6. The second-order valence-electron chi connectivity index (χ2n) is 21.7. The first-order chi connectivity index (χ1) is 37.0. The summed E-state index contributed by atoms with van der Waals surface area (Å²) in [7, 11) is 0. The lowest BCUT2D eigenvalue weighted by atomic mass is 10.0. The summed E-state index contributed by atoms with van der Waals surface area (Å²) in [6.07, 6.45) is 81.9. The predicted molar refractivity (Wildman–Crippen MR) is 325 cm³/mol. The van der Waals surface area contributed by atoms with Gasteiger partial charge in [0.2, 0.25) is 0 Å². The first-order valence-corrected chi connectivity index (χ1v) is 32.4. The third-order valence-electron chi connectivity index (χ3n) is 14.2. The molecule has 0 fully saturated rings. The van der Waals surface area contributed by atoms with Crippen molar-refractivity contribution < 1.29 is 28.6 Å². The number of carbonyl (C=O) groups is 3. The second kappa shape index (κ2) is 63.4. The minimum absolute atomic E-state index is 0.0752. The fourth-order valence-corrected chi connectivity index (χ4v) is 9.39. The molecule has 75 heavy (non-hydrogen) atoms. The Morgan fingerprint density at radius 1 is 0.280 bits per heavy atom. The Hall–Kier alpha value is -3.15. The molecule has 1 atom stereocenters. The van der Waals surface area contributed by atoms with Gasteiger partial charge in [-0.15, -0.1) is 0 Å². The van der Waals surface area contributed by atoms with Crippen molar-refractivity contribution >= 4 is 17.9 Å². The monoisotopic (exact) mass is 1050 g/mol.